The Morgan fingerprint density at radius 2 is 1.94 bits per heavy atom. The van der Waals surface area contributed by atoms with Crippen molar-refractivity contribution in [3.63, 3.8) is 0 Å². The molecule has 1 aliphatic carbocycles. The lowest BCUT2D eigenvalue weighted by Crippen LogP contribution is -2.42. The van der Waals surface area contributed by atoms with E-state index in [1.54, 1.807) is 24.2 Å². The van der Waals surface area contributed by atoms with Crippen LogP contribution in [0.2, 0.25) is 0 Å². The standard InChI is InChI=1S/C23H30FN5O.HI/c1-3-25-22(28-17-23(12-13-23)19-9-4-5-10-20(19)24)27-16-21(30)29(2)15-11-18-8-6-7-14-26-18;/h4-10,14H,3,11-13,15-17H2,1-2H3,(H2,25,27,28);1H. The molecule has 168 valence electrons. The Kier molecular flexibility index (Phi) is 9.67. The van der Waals surface area contributed by atoms with Gasteiger partial charge in [0.1, 0.15) is 12.4 Å². The van der Waals surface area contributed by atoms with Gasteiger partial charge in [-0.05, 0) is 43.5 Å². The first kappa shape index (κ1) is 25.0. The van der Waals surface area contributed by atoms with Crippen LogP contribution in [0.25, 0.3) is 0 Å². The van der Waals surface area contributed by atoms with E-state index in [4.69, 9.17) is 0 Å². The number of nitrogens with one attached hydrogen (secondary N) is 2. The highest BCUT2D eigenvalue weighted by molar-refractivity contribution is 14.0. The molecule has 1 aromatic carbocycles. The third-order valence-electron chi connectivity index (χ3n) is 5.46. The van der Waals surface area contributed by atoms with Crippen LogP contribution in [-0.2, 0) is 16.6 Å². The lowest BCUT2D eigenvalue weighted by molar-refractivity contribution is -0.128. The van der Waals surface area contributed by atoms with E-state index < -0.39 is 0 Å². The number of rotatable bonds is 9. The molecule has 31 heavy (non-hydrogen) atoms. The third-order valence-corrected chi connectivity index (χ3v) is 5.46. The molecule has 1 heterocycles. The number of hydrogen-bond donors (Lipinski definition) is 2. The minimum absolute atomic E-state index is 0. The molecule has 0 radical (unpaired) electrons. The number of benzene rings is 1. The SMILES string of the molecule is CCNC(=NCC(=O)N(C)CCc1ccccn1)NCC1(c2ccccc2F)CC1.I. The average Bonchev–Trinajstić information content (AvgIpc) is 3.55. The second kappa shape index (κ2) is 12.0. The van der Waals surface area contributed by atoms with Gasteiger partial charge < -0.3 is 15.5 Å². The van der Waals surface area contributed by atoms with Crippen LogP contribution in [0.3, 0.4) is 0 Å². The highest BCUT2D eigenvalue weighted by Crippen LogP contribution is 2.48. The van der Waals surface area contributed by atoms with Gasteiger partial charge in [-0.3, -0.25) is 9.78 Å². The summed E-state index contributed by atoms with van der Waals surface area (Å²) in [6, 6.07) is 12.7. The molecule has 6 nitrogen and oxygen atoms in total. The Hall–Kier alpha value is -2.23. The van der Waals surface area contributed by atoms with Gasteiger partial charge in [-0.1, -0.05) is 24.3 Å². The number of amides is 1. The van der Waals surface area contributed by atoms with E-state index in [-0.39, 0.29) is 47.7 Å². The van der Waals surface area contributed by atoms with E-state index in [1.165, 1.54) is 6.07 Å². The molecule has 1 saturated carbocycles. The maximum atomic E-state index is 14.2. The summed E-state index contributed by atoms with van der Waals surface area (Å²) >= 11 is 0. The molecule has 1 amide bonds. The lowest BCUT2D eigenvalue weighted by atomic mass is 9.95. The fraction of sp³-hybridized carbons (Fsp3) is 0.435. The zero-order valence-electron chi connectivity index (χ0n) is 18.1. The average molecular weight is 539 g/mol. The van der Waals surface area contributed by atoms with Crippen molar-refractivity contribution < 1.29 is 9.18 Å². The predicted octanol–water partition coefficient (Wildman–Crippen LogP) is 3.13. The quantitative estimate of drug-likeness (QED) is 0.292. The monoisotopic (exact) mass is 539 g/mol. The number of nitrogens with zero attached hydrogens (tertiary/aromatic N) is 3. The Bertz CT molecular complexity index is 873. The summed E-state index contributed by atoms with van der Waals surface area (Å²) in [4.78, 5) is 22.8. The summed E-state index contributed by atoms with van der Waals surface area (Å²) in [6.07, 6.45) is 4.34. The zero-order chi connectivity index (χ0) is 21.4. The first-order chi connectivity index (χ1) is 14.5. The Morgan fingerprint density at radius 3 is 2.58 bits per heavy atom. The van der Waals surface area contributed by atoms with E-state index >= 15 is 0 Å². The smallest absolute Gasteiger partial charge is 0.244 e. The molecule has 3 rings (SSSR count). The van der Waals surface area contributed by atoms with Crippen molar-refractivity contribution in [2.45, 2.75) is 31.6 Å². The number of guanidine groups is 1. The first-order valence-corrected chi connectivity index (χ1v) is 10.4. The number of likely N-dealkylation sites (N-methyl/N-ethyl adjacent to an activating group) is 1. The Labute approximate surface area is 200 Å². The van der Waals surface area contributed by atoms with E-state index in [0.29, 0.717) is 32.0 Å². The molecule has 0 atom stereocenters. The molecule has 0 bridgehead atoms. The minimum atomic E-state index is -0.189. The summed E-state index contributed by atoms with van der Waals surface area (Å²) in [5, 5.41) is 6.46. The maximum Gasteiger partial charge on any atom is 0.244 e. The van der Waals surface area contributed by atoms with Gasteiger partial charge in [-0.2, -0.15) is 0 Å². The lowest BCUT2D eigenvalue weighted by Gasteiger charge is -2.20. The van der Waals surface area contributed by atoms with Crippen LogP contribution in [0, 0.1) is 5.82 Å². The van der Waals surface area contributed by atoms with Crippen LogP contribution in [0.4, 0.5) is 4.39 Å². The highest BCUT2D eigenvalue weighted by atomic mass is 127. The van der Waals surface area contributed by atoms with Gasteiger partial charge in [0.25, 0.3) is 0 Å². The van der Waals surface area contributed by atoms with Crippen LogP contribution in [-0.4, -0.2) is 55.0 Å². The zero-order valence-corrected chi connectivity index (χ0v) is 20.4. The summed E-state index contributed by atoms with van der Waals surface area (Å²) in [6.45, 7) is 3.89. The van der Waals surface area contributed by atoms with E-state index in [2.05, 4.69) is 20.6 Å². The summed E-state index contributed by atoms with van der Waals surface area (Å²) in [5.74, 6) is 0.355. The molecule has 0 aliphatic heterocycles. The summed E-state index contributed by atoms with van der Waals surface area (Å²) < 4.78 is 14.2. The molecule has 0 spiro atoms. The van der Waals surface area contributed by atoms with Crippen LogP contribution in [0.15, 0.2) is 53.7 Å². The van der Waals surface area contributed by atoms with Crippen molar-refractivity contribution in [1.82, 2.24) is 20.5 Å². The number of carbonyl (C=O) groups is 1. The van der Waals surface area contributed by atoms with Crippen LogP contribution < -0.4 is 10.6 Å². The van der Waals surface area contributed by atoms with Gasteiger partial charge in [-0.15, -0.1) is 24.0 Å². The summed E-state index contributed by atoms with van der Waals surface area (Å²) in [7, 11) is 1.78. The normalized spacial score (nSPS) is 14.4. The van der Waals surface area contributed by atoms with Crippen LogP contribution in [0.5, 0.6) is 0 Å². The van der Waals surface area contributed by atoms with E-state index in [9.17, 15) is 9.18 Å². The number of pyridine rings is 1. The van der Waals surface area contributed by atoms with Crippen LogP contribution >= 0.6 is 24.0 Å². The van der Waals surface area contributed by atoms with Gasteiger partial charge >= 0.3 is 0 Å². The Balaban J connectivity index is 0.00000341. The van der Waals surface area contributed by atoms with Gasteiger partial charge in [0, 0.05) is 50.4 Å². The molecular formula is C23H31FIN5O. The van der Waals surface area contributed by atoms with Gasteiger partial charge in [0.05, 0.1) is 0 Å². The summed E-state index contributed by atoms with van der Waals surface area (Å²) in [5.41, 5.74) is 1.52. The Morgan fingerprint density at radius 1 is 1.19 bits per heavy atom. The minimum Gasteiger partial charge on any atom is -0.357 e. The van der Waals surface area contributed by atoms with Crippen LogP contribution in [0.1, 0.15) is 31.0 Å². The van der Waals surface area contributed by atoms with Crippen molar-refractivity contribution in [3.05, 3.63) is 65.7 Å². The van der Waals surface area contributed by atoms with Crippen molar-refractivity contribution in [2.75, 3.05) is 33.2 Å². The number of halogens is 2. The first-order valence-electron chi connectivity index (χ1n) is 10.4. The molecule has 0 saturated heterocycles. The largest absolute Gasteiger partial charge is 0.357 e. The van der Waals surface area contributed by atoms with Crippen molar-refractivity contribution in [3.8, 4) is 0 Å². The number of aliphatic imine (C=N–C) groups is 1. The third kappa shape index (κ3) is 7.15. The molecular weight excluding hydrogens is 508 g/mol. The van der Waals surface area contributed by atoms with Gasteiger partial charge in [-0.25, -0.2) is 9.38 Å². The molecule has 2 aromatic rings. The van der Waals surface area contributed by atoms with E-state index in [1.807, 2.05) is 37.3 Å². The van der Waals surface area contributed by atoms with Gasteiger partial charge in [0.15, 0.2) is 5.96 Å². The number of aromatic nitrogens is 1. The maximum absolute atomic E-state index is 14.2. The topological polar surface area (TPSA) is 69.6 Å². The van der Waals surface area contributed by atoms with Crippen molar-refractivity contribution >= 4 is 35.8 Å². The molecule has 2 N–H and O–H groups in total. The number of carbonyl (C=O) groups excluding carboxylic acids is 1. The number of hydrogen-bond acceptors (Lipinski definition) is 3. The molecule has 8 heteroatoms. The second-order valence-electron chi connectivity index (χ2n) is 7.70. The fourth-order valence-corrected chi connectivity index (χ4v) is 3.40. The van der Waals surface area contributed by atoms with Crippen molar-refractivity contribution in [2.24, 2.45) is 4.99 Å². The molecule has 1 fully saturated rings. The fourth-order valence-electron chi connectivity index (χ4n) is 3.40. The van der Waals surface area contributed by atoms with Gasteiger partial charge in [0.2, 0.25) is 5.91 Å². The highest BCUT2D eigenvalue weighted by Gasteiger charge is 2.45. The molecule has 1 aromatic heterocycles. The molecule has 0 unspecified atom stereocenters. The second-order valence-corrected chi connectivity index (χ2v) is 7.70. The van der Waals surface area contributed by atoms with E-state index in [0.717, 1.165) is 24.1 Å². The molecule has 1 aliphatic rings. The van der Waals surface area contributed by atoms with Crippen molar-refractivity contribution in [1.29, 1.82) is 0 Å². The predicted molar refractivity (Wildman–Crippen MR) is 132 cm³/mol.